The second kappa shape index (κ2) is 9.97. The van der Waals surface area contributed by atoms with E-state index >= 15 is 4.39 Å². The third kappa shape index (κ3) is 5.32. The molecule has 2 fully saturated rings. The van der Waals surface area contributed by atoms with Gasteiger partial charge in [-0.25, -0.2) is 14.6 Å². The summed E-state index contributed by atoms with van der Waals surface area (Å²) < 4.78 is 25.2. The van der Waals surface area contributed by atoms with Crippen molar-refractivity contribution >= 4 is 35.2 Å². The number of amides is 3. The molecule has 2 aromatic rings. The van der Waals surface area contributed by atoms with Gasteiger partial charge in [-0.05, 0) is 24.3 Å². The van der Waals surface area contributed by atoms with Crippen LogP contribution in [0.3, 0.4) is 0 Å². The molecule has 0 radical (unpaired) electrons. The number of benzene rings is 1. The Labute approximate surface area is 198 Å². The van der Waals surface area contributed by atoms with Crippen molar-refractivity contribution in [2.75, 3.05) is 49.1 Å². The van der Waals surface area contributed by atoms with Gasteiger partial charge in [-0.1, -0.05) is 0 Å². The van der Waals surface area contributed by atoms with Crippen LogP contribution in [0.25, 0.3) is 0 Å². The van der Waals surface area contributed by atoms with Crippen LogP contribution in [0.5, 0.6) is 0 Å². The zero-order valence-electron chi connectivity index (χ0n) is 18.7. The van der Waals surface area contributed by atoms with E-state index < -0.39 is 34.7 Å². The smallest absolute Gasteiger partial charge is 0.433 e. The first-order valence-electron chi connectivity index (χ1n) is 10.8. The average Bonchev–Trinajstić information content (AvgIpc) is 3.38. The number of carbonyl (C=O) groups excluding carboxylic acids is 3. The van der Waals surface area contributed by atoms with Crippen molar-refractivity contribution in [3.63, 3.8) is 0 Å². The standard InChI is InChI=1S/C21H23FN6O7/c1-13(29)23-11-15-12-26(21(31)34-15)14-2-3-17(16(22)10-14)25-7-6-24-27(9-8-25)20(30)18-4-5-19(35-18)28(32)33/h2-5,10,15,24H,6-9,11-12H2,1H3,(H,23,29)/t15-/m0/s1. The van der Waals surface area contributed by atoms with Crippen LogP contribution in [0.2, 0.25) is 0 Å². The lowest BCUT2D eigenvalue weighted by Gasteiger charge is -2.24. The van der Waals surface area contributed by atoms with Crippen molar-refractivity contribution in [1.82, 2.24) is 15.8 Å². The predicted octanol–water partition coefficient (Wildman–Crippen LogP) is 1.26. The van der Waals surface area contributed by atoms with Crippen molar-refractivity contribution in [2.45, 2.75) is 13.0 Å². The van der Waals surface area contributed by atoms with Gasteiger partial charge >= 0.3 is 17.9 Å². The molecule has 35 heavy (non-hydrogen) atoms. The minimum Gasteiger partial charge on any atom is -0.442 e. The van der Waals surface area contributed by atoms with Crippen LogP contribution in [0.1, 0.15) is 17.5 Å². The summed E-state index contributed by atoms with van der Waals surface area (Å²) in [4.78, 5) is 49.0. The van der Waals surface area contributed by atoms with E-state index in [4.69, 9.17) is 9.15 Å². The number of ether oxygens (including phenoxy) is 1. The molecule has 186 valence electrons. The lowest BCUT2D eigenvalue weighted by molar-refractivity contribution is -0.402. The zero-order valence-corrected chi connectivity index (χ0v) is 18.7. The Kier molecular flexibility index (Phi) is 6.82. The van der Waals surface area contributed by atoms with Crippen LogP contribution < -0.4 is 20.5 Å². The molecule has 3 amide bonds. The average molecular weight is 490 g/mol. The van der Waals surface area contributed by atoms with Gasteiger partial charge in [-0.15, -0.1) is 0 Å². The Hall–Kier alpha value is -4.20. The number of rotatable bonds is 6. The Morgan fingerprint density at radius 1 is 1.26 bits per heavy atom. The van der Waals surface area contributed by atoms with Gasteiger partial charge in [0.1, 0.15) is 16.8 Å². The summed E-state index contributed by atoms with van der Waals surface area (Å²) in [6.45, 7) is 2.83. The summed E-state index contributed by atoms with van der Waals surface area (Å²) >= 11 is 0. The lowest BCUT2D eigenvalue weighted by Crippen LogP contribution is -2.43. The fourth-order valence-electron chi connectivity index (χ4n) is 3.84. The summed E-state index contributed by atoms with van der Waals surface area (Å²) in [5.41, 5.74) is 3.53. The van der Waals surface area contributed by atoms with Crippen LogP contribution in [0.15, 0.2) is 34.7 Å². The largest absolute Gasteiger partial charge is 0.442 e. The van der Waals surface area contributed by atoms with Crippen molar-refractivity contribution < 1.29 is 32.9 Å². The number of nitrogens with one attached hydrogen (secondary N) is 2. The molecule has 1 aromatic heterocycles. The molecule has 1 atom stereocenters. The summed E-state index contributed by atoms with van der Waals surface area (Å²) in [5, 5.41) is 14.6. The molecule has 2 aliphatic rings. The van der Waals surface area contributed by atoms with Crippen molar-refractivity contribution in [3.05, 3.63) is 52.0 Å². The summed E-state index contributed by atoms with van der Waals surface area (Å²) in [6.07, 6.45) is -1.16. The van der Waals surface area contributed by atoms with E-state index in [0.29, 0.717) is 24.5 Å². The monoisotopic (exact) mass is 490 g/mol. The Balaban J connectivity index is 1.40. The van der Waals surface area contributed by atoms with Gasteiger partial charge in [0.15, 0.2) is 0 Å². The summed E-state index contributed by atoms with van der Waals surface area (Å²) in [7, 11) is 0. The molecule has 0 bridgehead atoms. The molecule has 4 rings (SSSR count). The fraction of sp³-hybridized carbons (Fsp3) is 0.381. The molecule has 3 heterocycles. The SMILES string of the molecule is CC(=O)NC[C@H]1CN(c2ccc(N3CCNN(C(=O)c4ccc([N+](=O)[O-])o4)CC3)c(F)c2)C(=O)O1. The van der Waals surface area contributed by atoms with E-state index in [1.807, 2.05) is 0 Å². The van der Waals surface area contributed by atoms with Crippen molar-refractivity contribution in [3.8, 4) is 0 Å². The number of carbonyl (C=O) groups is 3. The fourth-order valence-corrected chi connectivity index (χ4v) is 3.84. The number of nitro groups is 1. The number of cyclic esters (lactones) is 1. The molecule has 0 aliphatic carbocycles. The van der Waals surface area contributed by atoms with E-state index in [9.17, 15) is 24.5 Å². The number of nitrogens with zero attached hydrogens (tertiary/aromatic N) is 4. The normalized spacial score (nSPS) is 18.3. The molecule has 13 nitrogen and oxygen atoms in total. The molecule has 14 heteroatoms. The van der Waals surface area contributed by atoms with E-state index in [1.165, 1.54) is 29.0 Å². The molecule has 2 N–H and O–H groups in total. The lowest BCUT2D eigenvalue weighted by atomic mass is 10.2. The van der Waals surface area contributed by atoms with Crippen LogP contribution in [0, 0.1) is 15.9 Å². The third-order valence-corrected chi connectivity index (χ3v) is 5.54. The Bertz CT molecular complexity index is 1150. The topological polar surface area (TPSA) is 151 Å². The van der Waals surface area contributed by atoms with Gasteiger partial charge in [0.2, 0.25) is 11.7 Å². The molecule has 0 saturated carbocycles. The summed E-state index contributed by atoms with van der Waals surface area (Å²) in [6, 6.07) is 6.72. The van der Waals surface area contributed by atoms with Gasteiger partial charge in [0.05, 0.1) is 37.1 Å². The molecule has 1 aromatic carbocycles. The van der Waals surface area contributed by atoms with E-state index in [2.05, 4.69) is 10.7 Å². The van der Waals surface area contributed by atoms with Crippen LogP contribution in [-0.4, -0.2) is 73.2 Å². The highest BCUT2D eigenvalue weighted by Gasteiger charge is 2.33. The highest BCUT2D eigenvalue weighted by molar-refractivity contribution is 5.91. The molecule has 2 aliphatic heterocycles. The van der Waals surface area contributed by atoms with Gasteiger partial charge in [0, 0.05) is 26.6 Å². The Morgan fingerprint density at radius 3 is 2.74 bits per heavy atom. The first kappa shape index (κ1) is 23.9. The molecule has 0 unspecified atom stereocenters. The maximum Gasteiger partial charge on any atom is 0.433 e. The number of anilines is 2. The number of hydrogen-bond acceptors (Lipinski definition) is 9. The number of halogens is 1. The molecule has 2 saturated heterocycles. The highest BCUT2D eigenvalue weighted by Crippen LogP contribution is 2.28. The van der Waals surface area contributed by atoms with Crippen LogP contribution in [-0.2, 0) is 9.53 Å². The second-order valence-corrected chi connectivity index (χ2v) is 7.94. The van der Waals surface area contributed by atoms with E-state index in [0.717, 1.165) is 6.07 Å². The second-order valence-electron chi connectivity index (χ2n) is 7.94. The van der Waals surface area contributed by atoms with Crippen LogP contribution in [0.4, 0.5) is 26.4 Å². The molecular weight excluding hydrogens is 467 g/mol. The van der Waals surface area contributed by atoms with Gasteiger partial charge in [-0.2, -0.15) is 0 Å². The minimum absolute atomic E-state index is 0.164. The highest BCUT2D eigenvalue weighted by atomic mass is 19.1. The van der Waals surface area contributed by atoms with Crippen LogP contribution >= 0.6 is 0 Å². The third-order valence-electron chi connectivity index (χ3n) is 5.54. The number of hydrazine groups is 1. The first-order valence-corrected chi connectivity index (χ1v) is 10.8. The van der Waals surface area contributed by atoms with Gasteiger partial charge < -0.3 is 19.4 Å². The zero-order chi connectivity index (χ0) is 25.1. The van der Waals surface area contributed by atoms with E-state index in [-0.39, 0.29) is 37.8 Å². The maximum absolute atomic E-state index is 15.0. The molecular formula is C21H23FN6O7. The van der Waals surface area contributed by atoms with Crippen molar-refractivity contribution in [1.29, 1.82) is 0 Å². The summed E-state index contributed by atoms with van der Waals surface area (Å²) in [5.74, 6) is -2.08. The first-order chi connectivity index (χ1) is 16.7. The van der Waals surface area contributed by atoms with Gasteiger partial charge in [-0.3, -0.25) is 29.6 Å². The Morgan fingerprint density at radius 2 is 2.06 bits per heavy atom. The quantitative estimate of drug-likeness (QED) is 0.450. The number of furan rings is 1. The predicted molar refractivity (Wildman–Crippen MR) is 119 cm³/mol. The minimum atomic E-state index is -0.730. The maximum atomic E-state index is 15.0. The molecule has 0 spiro atoms. The number of hydrogen-bond donors (Lipinski definition) is 2. The van der Waals surface area contributed by atoms with Crippen molar-refractivity contribution in [2.24, 2.45) is 0 Å². The van der Waals surface area contributed by atoms with E-state index in [1.54, 1.807) is 17.0 Å². The van der Waals surface area contributed by atoms with Gasteiger partial charge in [0.25, 0.3) is 0 Å².